The zero-order valence-corrected chi connectivity index (χ0v) is 15.7. The molecule has 3 atom stereocenters. The minimum Gasteiger partial charge on any atom is -0.445 e. The molecule has 0 unspecified atom stereocenters. The van der Waals surface area contributed by atoms with Crippen LogP contribution in [0, 0.1) is 0 Å². The normalized spacial score (nSPS) is 22.2. The Labute approximate surface area is 160 Å². The van der Waals surface area contributed by atoms with E-state index in [4.69, 9.17) is 9.47 Å². The third-order valence-corrected chi connectivity index (χ3v) is 5.11. The molecule has 0 bridgehead atoms. The van der Waals surface area contributed by atoms with E-state index in [1.165, 1.54) is 0 Å². The van der Waals surface area contributed by atoms with Gasteiger partial charge in [-0.3, -0.25) is 0 Å². The molecule has 0 aromatic heterocycles. The van der Waals surface area contributed by atoms with Gasteiger partial charge in [0.25, 0.3) is 0 Å². The van der Waals surface area contributed by atoms with Crippen molar-refractivity contribution < 1.29 is 19.4 Å². The zero-order chi connectivity index (χ0) is 19.1. The third kappa shape index (κ3) is 5.31. The highest BCUT2D eigenvalue weighted by Crippen LogP contribution is 2.27. The summed E-state index contributed by atoms with van der Waals surface area (Å²) in [6.45, 7) is 0.722. The topological polar surface area (TPSA) is 59.0 Å². The predicted octanol–water partition coefficient (Wildman–Crippen LogP) is 3.75. The summed E-state index contributed by atoms with van der Waals surface area (Å²) in [6.07, 6.45) is 0.868. The first kappa shape index (κ1) is 19.4. The second-order valence-electron chi connectivity index (χ2n) is 6.96. The molecule has 1 saturated carbocycles. The first-order valence-corrected chi connectivity index (χ1v) is 9.39. The molecule has 0 aliphatic heterocycles. The number of benzene rings is 2. The van der Waals surface area contributed by atoms with E-state index in [2.05, 4.69) is 0 Å². The van der Waals surface area contributed by atoms with Crippen LogP contribution in [0.2, 0.25) is 0 Å². The second kappa shape index (κ2) is 9.53. The summed E-state index contributed by atoms with van der Waals surface area (Å²) < 4.78 is 11.0. The largest absolute Gasteiger partial charge is 0.445 e. The molecule has 1 fully saturated rings. The smallest absolute Gasteiger partial charge is 0.410 e. The van der Waals surface area contributed by atoms with Crippen LogP contribution in [-0.2, 0) is 22.6 Å². The molecule has 27 heavy (non-hydrogen) atoms. The Morgan fingerprint density at radius 3 is 2.30 bits per heavy atom. The van der Waals surface area contributed by atoms with Gasteiger partial charge in [0, 0.05) is 19.7 Å². The van der Waals surface area contributed by atoms with Gasteiger partial charge in [-0.15, -0.1) is 0 Å². The number of rotatable bonds is 6. The molecule has 0 heterocycles. The van der Waals surface area contributed by atoms with E-state index in [1.54, 1.807) is 12.0 Å². The van der Waals surface area contributed by atoms with Crippen molar-refractivity contribution in [3.05, 3.63) is 71.8 Å². The number of amides is 1. The van der Waals surface area contributed by atoms with Crippen LogP contribution in [-0.4, -0.2) is 41.5 Å². The number of carbonyl (C=O) groups excluding carboxylic acids is 1. The lowest BCUT2D eigenvalue weighted by atomic mass is 9.89. The van der Waals surface area contributed by atoms with E-state index in [9.17, 15) is 9.90 Å². The van der Waals surface area contributed by atoms with Gasteiger partial charge in [0.15, 0.2) is 0 Å². The van der Waals surface area contributed by atoms with Crippen LogP contribution in [0.5, 0.6) is 0 Å². The van der Waals surface area contributed by atoms with Gasteiger partial charge in [-0.25, -0.2) is 4.79 Å². The molecule has 5 heteroatoms. The van der Waals surface area contributed by atoms with E-state index in [1.807, 2.05) is 60.7 Å². The van der Waals surface area contributed by atoms with Crippen LogP contribution in [0.25, 0.3) is 0 Å². The van der Waals surface area contributed by atoms with Gasteiger partial charge in [-0.05, 0) is 30.4 Å². The van der Waals surface area contributed by atoms with Crippen LogP contribution in [0.3, 0.4) is 0 Å². The number of ether oxygens (including phenoxy) is 2. The van der Waals surface area contributed by atoms with Crippen LogP contribution in [0.1, 0.15) is 30.4 Å². The van der Waals surface area contributed by atoms with Gasteiger partial charge in [-0.2, -0.15) is 0 Å². The van der Waals surface area contributed by atoms with Crippen LogP contribution < -0.4 is 0 Å². The van der Waals surface area contributed by atoms with Crippen molar-refractivity contribution >= 4 is 6.09 Å². The summed E-state index contributed by atoms with van der Waals surface area (Å²) in [6, 6.07) is 19.5. The minimum atomic E-state index is -0.481. The van der Waals surface area contributed by atoms with Crippen molar-refractivity contribution in [2.45, 2.75) is 50.7 Å². The Morgan fingerprint density at radius 2 is 1.67 bits per heavy atom. The highest BCUT2D eigenvalue weighted by molar-refractivity contribution is 5.68. The number of hydrogen-bond donors (Lipinski definition) is 1. The SMILES string of the molecule is CO[C@H]1C[C@H](N(Cc2ccccc2)C(=O)OCc2ccccc2)CC[C@@H]1O. The quantitative estimate of drug-likeness (QED) is 0.842. The zero-order valence-electron chi connectivity index (χ0n) is 15.7. The monoisotopic (exact) mass is 369 g/mol. The maximum absolute atomic E-state index is 12.9. The Hall–Kier alpha value is -2.37. The van der Waals surface area contributed by atoms with Crippen LogP contribution in [0.15, 0.2) is 60.7 Å². The fourth-order valence-corrected chi connectivity index (χ4v) is 3.55. The van der Waals surface area contributed by atoms with Crippen molar-refractivity contribution in [2.75, 3.05) is 7.11 Å². The Balaban J connectivity index is 1.71. The summed E-state index contributed by atoms with van der Waals surface area (Å²) in [5.41, 5.74) is 2.01. The molecule has 3 rings (SSSR count). The third-order valence-electron chi connectivity index (χ3n) is 5.11. The standard InChI is InChI=1S/C22H27NO4/c1-26-21-14-19(12-13-20(21)24)23(15-17-8-4-2-5-9-17)22(25)27-16-18-10-6-3-7-11-18/h2-11,19-21,24H,12-16H2,1H3/t19-,20+,21+/m1/s1. The fraction of sp³-hybridized carbons (Fsp3) is 0.409. The highest BCUT2D eigenvalue weighted by atomic mass is 16.6. The maximum atomic E-state index is 12.9. The molecule has 0 radical (unpaired) electrons. The van der Waals surface area contributed by atoms with Crippen molar-refractivity contribution in [1.82, 2.24) is 4.90 Å². The Morgan fingerprint density at radius 1 is 1.04 bits per heavy atom. The van der Waals surface area contributed by atoms with Crippen LogP contribution >= 0.6 is 0 Å². The predicted molar refractivity (Wildman–Crippen MR) is 103 cm³/mol. The molecule has 5 nitrogen and oxygen atoms in total. The molecule has 2 aromatic carbocycles. The average Bonchev–Trinajstić information content (AvgIpc) is 2.72. The average molecular weight is 369 g/mol. The molecule has 1 N–H and O–H groups in total. The number of hydrogen-bond acceptors (Lipinski definition) is 4. The second-order valence-corrected chi connectivity index (χ2v) is 6.96. The molecule has 1 aliphatic rings. The first-order valence-electron chi connectivity index (χ1n) is 9.39. The Kier molecular flexibility index (Phi) is 6.85. The molecular weight excluding hydrogens is 342 g/mol. The van der Waals surface area contributed by atoms with Gasteiger partial charge < -0.3 is 19.5 Å². The van der Waals surface area contributed by atoms with Crippen molar-refractivity contribution in [3.8, 4) is 0 Å². The summed E-state index contributed by atoms with van der Waals surface area (Å²) in [5, 5.41) is 10.1. The lowest BCUT2D eigenvalue weighted by molar-refractivity contribution is -0.0593. The minimum absolute atomic E-state index is 0.0261. The number of aliphatic hydroxyl groups excluding tert-OH is 1. The number of methoxy groups -OCH3 is 1. The number of nitrogens with zero attached hydrogens (tertiary/aromatic N) is 1. The van der Waals surface area contributed by atoms with Gasteiger partial charge >= 0.3 is 6.09 Å². The highest BCUT2D eigenvalue weighted by Gasteiger charge is 2.35. The lowest BCUT2D eigenvalue weighted by Gasteiger charge is -2.38. The van der Waals surface area contributed by atoms with Gasteiger partial charge in [0.1, 0.15) is 6.61 Å². The van der Waals surface area contributed by atoms with Crippen molar-refractivity contribution in [1.29, 1.82) is 0 Å². The van der Waals surface area contributed by atoms with Gasteiger partial charge in [0.2, 0.25) is 0 Å². The van der Waals surface area contributed by atoms with E-state index < -0.39 is 6.10 Å². The summed E-state index contributed by atoms with van der Waals surface area (Å²) >= 11 is 0. The molecule has 1 aliphatic carbocycles. The molecule has 1 amide bonds. The number of carbonyl (C=O) groups is 1. The van der Waals surface area contributed by atoms with E-state index >= 15 is 0 Å². The fourth-order valence-electron chi connectivity index (χ4n) is 3.55. The van der Waals surface area contributed by atoms with Gasteiger partial charge in [0.05, 0.1) is 12.2 Å². The number of aliphatic hydroxyl groups is 1. The van der Waals surface area contributed by atoms with Crippen molar-refractivity contribution in [2.24, 2.45) is 0 Å². The summed E-state index contributed by atoms with van der Waals surface area (Å²) in [5.74, 6) is 0. The first-order chi connectivity index (χ1) is 13.2. The molecule has 144 valence electrons. The maximum Gasteiger partial charge on any atom is 0.410 e. The molecular formula is C22H27NO4. The van der Waals surface area contributed by atoms with E-state index in [-0.39, 0.29) is 24.8 Å². The van der Waals surface area contributed by atoms with Crippen molar-refractivity contribution in [3.63, 3.8) is 0 Å². The Bertz CT molecular complexity index is 707. The summed E-state index contributed by atoms with van der Waals surface area (Å²) in [4.78, 5) is 14.7. The molecule has 0 saturated heterocycles. The van der Waals surface area contributed by atoms with Gasteiger partial charge in [-0.1, -0.05) is 60.7 Å². The molecule has 0 spiro atoms. The van der Waals surface area contributed by atoms with Crippen LogP contribution in [0.4, 0.5) is 4.79 Å². The van der Waals surface area contributed by atoms with E-state index in [0.29, 0.717) is 19.4 Å². The van der Waals surface area contributed by atoms with E-state index in [0.717, 1.165) is 17.5 Å². The molecule has 2 aromatic rings. The summed E-state index contributed by atoms with van der Waals surface area (Å²) in [7, 11) is 1.60. The lowest BCUT2D eigenvalue weighted by Crippen LogP contribution is -2.47.